The molecule has 1 heterocycles. The molecule has 0 radical (unpaired) electrons. The van der Waals surface area contributed by atoms with E-state index in [0.717, 1.165) is 27.6 Å². The number of pyridine rings is 1. The fraction of sp³-hybridized carbons (Fsp3) is 0.214. The molecule has 0 saturated heterocycles. The van der Waals surface area contributed by atoms with Gasteiger partial charge in [-0.25, -0.2) is 4.98 Å². The van der Waals surface area contributed by atoms with Crippen molar-refractivity contribution in [3.63, 3.8) is 0 Å². The lowest BCUT2D eigenvalue weighted by Gasteiger charge is -2.19. The molecule has 0 aliphatic rings. The van der Waals surface area contributed by atoms with Crippen molar-refractivity contribution in [2.45, 2.75) is 26.8 Å². The van der Waals surface area contributed by atoms with Crippen LogP contribution >= 0.6 is 0 Å². The third-order valence-electron chi connectivity index (χ3n) is 5.89. The van der Waals surface area contributed by atoms with Gasteiger partial charge in [-0.1, -0.05) is 42.0 Å². The minimum absolute atomic E-state index is 0.140. The second-order valence-corrected chi connectivity index (χ2v) is 8.19. The van der Waals surface area contributed by atoms with Crippen LogP contribution in [0.1, 0.15) is 40.0 Å². The summed E-state index contributed by atoms with van der Waals surface area (Å²) in [6.07, 6.45) is 0. The van der Waals surface area contributed by atoms with Crippen LogP contribution in [0.15, 0.2) is 66.7 Å². The van der Waals surface area contributed by atoms with E-state index in [4.69, 9.17) is 14.5 Å². The SMILES string of the molecule is COc1ccc(OC)c(-c2cc(C(=O)N[C@H](C)c3cc(C)ccc3C)c3ccccc3n2)c1. The summed E-state index contributed by atoms with van der Waals surface area (Å²) in [5, 5.41) is 3.98. The molecule has 4 aromatic rings. The average molecular weight is 441 g/mol. The molecule has 1 amide bonds. The number of carbonyl (C=O) groups is 1. The number of fused-ring (bicyclic) bond motifs is 1. The van der Waals surface area contributed by atoms with Gasteiger partial charge in [-0.2, -0.15) is 0 Å². The second-order valence-electron chi connectivity index (χ2n) is 8.19. The van der Waals surface area contributed by atoms with Crippen molar-refractivity contribution >= 4 is 16.8 Å². The minimum atomic E-state index is -0.148. The highest BCUT2D eigenvalue weighted by atomic mass is 16.5. The molecule has 0 bridgehead atoms. The predicted molar refractivity (Wildman–Crippen MR) is 132 cm³/mol. The van der Waals surface area contributed by atoms with E-state index in [-0.39, 0.29) is 11.9 Å². The average Bonchev–Trinajstić information content (AvgIpc) is 2.84. The van der Waals surface area contributed by atoms with Gasteiger partial charge in [0.05, 0.1) is 37.0 Å². The number of carbonyl (C=O) groups excluding carboxylic acids is 1. The van der Waals surface area contributed by atoms with Crippen LogP contribution in [-0.4, -0.2) is 25.1 Å². The van der Waals surface area contributed by atoms with E-state index in [1.165, 1.54) is 5.56 Å². The molecule has 4 rings (SSSR count). The Hall–Kier alpha value is -3.86. The second kappa shape index (κ2) is 9.33. The number of benzene rings is 3. The maximum atomic E-state index is 13.5. The molecule has 0 fully saturated rings. The van der Waals surface area contributed by atoms with Gasteiger partial charge >= 0.3 is 0 Å². The topological polar surface area (TPSA) is 60.5 Å². The highest BCUT2D eigenvalue weighted by molar-refractivity contribution is 6.07. The summed E-state index contributed by atoms with van der Waals surface area (Å²) in [6.45, 7) is 6.13. The van der Waals surface area contributed by atoms with Crippen molar-refractivity contribution in [2.24, 2.45) is 0 Å². The van der Waals surface area contributed by atoms with E-state index in [2.05, 4.69) is 37.4 Å². The lowest BCUT2D eigenvalue weighted by Crippen LogP contribution is -2.27. The number of rotatable bonds is 6. The Kier molecular flexibility index (Phi) is 6.31. The van der Waals surface area contributed by atoms with Crippen LogP contribution in [-0.2, 0) is 0 Å². The van der Waals surface area contributed by atoms with Gasteiger partial charge in [-0.05, 0) is 62.2 Å². The number of aryl methyl sites for hydroxylation is 2. The molecular formula is C28H28N2O3. The smallest absolute Gasteiger partial charge is 0.252 e. The van der Waals surface area contributed by atoms with Crippen molar-refractivity contribution in [3.05, 3.63) is 89.0 Å². The summed E-state index contributed by atoms with van der Waals surface area (Å²) in [6, 6.07) is 21.2. The van der Waals surface area contributed by atoms with Crippen LogP contribution in [0.3, 0.4) is 0 Å². The minimum Gasteiger partial charge on any atom is -0.497 e. The normalized spacial score (nSPS) is 11.8. The van der Waals surface area contributed by atoms with Crippen LogP contribution in [0.5, 0.6) is 11.5 Å². The molecule has 0 aliphatic carbocycles. The molecule has 0 aliphatic heterocycles. The number of amides is 1. The number of nitrogens with zero attached hydrogens (tertiary/aromatic N) is 1. The zero-order valence-electron chi connectivity index (χ0n) is 19.6. The fourth-order valence-electron chi connectivity index (χ4n) is 4.09. The van der Waals surface area contributed by atoms with Gasteiger partial charge in [0, 0.05) is 10.9 Å². The summed E-state index contributed by atoms with van der Waals surface area (Å²) in [5.74, 6) is 1.20. The highest BCUT2D eigenvalue weighted by Gasteiger charge is 2.19. The molecule has 0 spiro atoms. The zero-order valence-corrected chi connectivity index (χ0v) is 19.6. The molecule has 3 aromatic carbocycles. The molecule has 168 valence electrons. The molecule has 1 atom stereocenters. The van der Waals surface area contributed by atoms with E-state index in [0.29, 0.717) is 22.8 Å². The number of ether oxygens (including phenoxy) is 2. The van der Waals surface area contributed by atoms with Gasteiger partial charge in [0.25, 0.3) is 5.91 Å². The Bertz CT molecular complexity index is 1330. The summed E-state index contributed by atoms with van der Waals surface area (Å²) in [5.41, 5.74) is 6.14. The van der Waals surface area contributed by atoms with Crippen LogP contribution in [0.25, 0.3) is 22.2 Å². The number of hydrogen-bond donors (Lipinski definition) is 1. The Balaban J connectivity index is 1.79. The van der Waals surface area contributed by atoms with Crippen LogP contribution in [0.4, 0.5) is 0 Å². The summed E-state index contributed by atoms with van der Waals surface area (Å²) >= 11 is 0. The Labute approximate surface area is 194 Å². The number of hydrogen-bond acceptors (Lipinski definition) is 4. The van der Waals surface area contributed by atoms with E-state index < -0.39 is 0 Å². The lowest BCUT2D eigenvalue weighted by molar-refractivity contribution is 0.0941. The lowest BCUT2D eigenvalue weighted by atomic mass is 9.99. The zero-order chi connectivity index (χ0) is 23.5. The molecule has 0 unspecified atom stereocenters. The Morgan fingerprint density at radius 3 is 2.48 bits per heavy atom. The third kappa shape index (κ3) is 4.53. The van der Waals surface area contributed by atoms with Crippen LogP contribution < -0.4 is 14.8 Å². The fourth-order valence-corrected chi connectivity index (χ4v) is 4.09. The van der Waals surface area contributed by atoms with E-state index in [1.54, 1.807) is 14.2 Å². The molecule has 0 saturated carbocycles. The first-order valence-corrected chi connectivity index (χ1v) is 10.9. The highest BCUT2D eigenvalue weighted by Crippen LogP contribution is 2.34. The van der Waals surface area contributed by atoms with Crippen molar-refractivity contribution in [1.82, 2.24) is 10.3 Å². The van der Waals surface area contributed by atoms with Gasteiger partial charge in [0.1, 0.15) is 11.5 Å². The molecule has 1 aromatic heterocycles. The van der Waals surface area contributed by atoms with E-state index in [1.807, 2.05) is 55.5 Å². The van der Waals surface area contributed by atoms with Crippen LogP contribution in [0.2, 0.25) is 0 Å². The van der Waals surface area contributed by atoms with Gasteiger partial charge in [0.2, 0.25) is 0 Å². The quantitative estimate of drug-likeness (QED) is 0.398. The number of nitrogens with one attached hydrogen (secondary N) is 1. The van der Waals surface area contributed by atoms with E-state index in [9.17, 15) is 4.79 Å². The molecule has 33 heavy (non-hydrogen) atoms. The van der Waals surface area contributed by atoms with Gasteiger partial charge in [-0.15, -0.1) is 0 Å². The molecule has 5 nitrogen and oxygen atoms in total. The largest absolute Gasteiger partial charge is 0.497 e. The van der Waals surface area contributed by atoms with Crippen molar-refractivity contribution in [2.75, 3.05) is 14.2 Å². The first-order valence-electron chi connectivity index (χ1n) is 10.9. The number of methoxy groups -OCH3 is 2. The first kappa shape index (κ1) is 22.3. The maximum Gasteiger partial charge on any atom is 0.252 e. The third-order valence-corrected chi connectivity index (χ3v) is 5.89. The van der Waals surface area contributed by atoms with E-state index >= 15 is 0 Å². The standard InChI is InChI=1S/C28H28N2O3/c1-17-10-11-18(2)22(14-17)19(3)29-28(31)23-16-26(30-25-9-7-6-8-21(23)25)24-15-20(32-4)12-13-27(24)33-5/h6-16,19H,1-5H3,(H,29,31)/t19-/m1/s1. The van der Waals surface area contributed by atoms with Gasteiger partial charge < -0.3 is 14.8 Å². The number of para-hydroxylation sites is 1. The maximum absolute atomic E-state index is 13.5. The molecule has 5 heteroatoms. The van der Waals surface area contributed by atoms with Crippen molar-refractivity contribution < 1.29 is 14.3 Å². The first-order chi connectivity index (χ1) is 15.9. The Morgan fingerprint density at radius 1 is 0.939 bits per heavy atom. The van der Waals surface area contributed by atoms with Crippen molar-refractivity contribution in [3.8, 4) is 22.8 Å². The Morgan fingerprint density at radius 2 is 1.73 bits per heavy atom. The number of aromatic nitrogens is 1. The summed E-state index contributed by atoms with van der Waals surface area (Å²) in [7, 11) is 3.23. The van der Waals surface area contributed by atoms with Crippen molar-refractivity contribution in [1.29, 1.82) is 0 Å². The van der Waals surface area contributed by atoms with Gasteiger partial charge in [-0.3, -0.25) is 4.79 Å². The summed E-state index contributed by atoms with van der Waals surface area (Å²) in [4.78, 5) is 18.3. The monoisotopic (exact) mass is 440 g/mol. The predicted octanol–water partition coefficient (Wildman–Crippen LogP) is 6.03. The summed E-state index contributed by atoms with van der Waals surface area (Å²) < 4.78 is 11.0. The van der Waals surface area contributed by atoms with Crippen LogP contribution in [0, 0.1) is 13.8 Å². The molecular weight excluding hydrogens is 412 g/mol. The molecule has 1 N–H and O–H groups in total. The van der Waals surface area contributed by atoms with Gasteiger partial charge in [0.15, 0.2) is 0 Å².